The number of methoxy groups -OCH3 is 1. The molecular weight excluding hydrogens is 472 g/mol. The van der Waals surface area contributed by atoms with E-state index in [1.54, 1.807) is 12.0 Å². The Kier molecular flexibility index (Phi) is 6.30. The summed E-state index contributed by atoms with van der Waals surface area (Å²) in [7, 11) is 1.63. The molecule has 0 bridgehead atoms. The second-order valence-electron chi connectivity index (χ2n) is 7.11. The molecule has 1 saturated heterocycles. The number of nitrogens with zero attached hydrogens (tertiary/aromatic N) is 2. The minimum atomic E-state index is -0.0847. The van der Waals surface area contributed by atoms with Gasteiger partial charge < -0.3 is 4.74 Å². The minimum absolute atomic E-state index is 0.0847. The molecule has 31 heavy (non-hydrogen) atoms. The number of benzene rings is 3. The van der Waals surface area contributed by atoms with Crippen LogP contribution in [0, 0.1) is 13.8 Å². The first-order chi connectivity index (χ1) is 15.0. The third-order valence-corrected chi connectivity index (χ3v) is 6.56. The summed E-state index contributed by atoms with van der Waals surface area (Å²) in [6, 6.07) is 21.5. The van der Waals surface area contributed by atoms with E-state index in [0.717, 1.165) is 38.3 Å². The molecule has 4 rings (SSSR count). The number of hydrogen-bond acceptors (Lipinski definition) is 4. The van der Waals surface area contributed by atoms with Crippen LogP contribution in [0.5, 0.6) is 5.75 Å². The standard InChI is InChI=1S/C25H21BrN2O2S/c1-16-8-4-6-10-20(16)27-25-28(21-11-7-5-9-17(21)2)24(29)23(31-25)15-18-12-13-22(30-3)19(26)14-18/h4-15H,1-3H3. The van der Waals surface area contributed by atoms with Gasteiger partial charge in [0.1, 0.15) is 5.75 Å². The summed E-state index contributed by atoms with van der Waals surface area (Å²) in [5.41, 5.74) is 4.67. The predicted molar refractivity (Wildman–Crippen MR) is 133 cm³/mol. The molecule has 1 aliphatic rings. The molecule has 0 aliphatic carbocycles. The van der Waals surface area contributed by atoms with E-state index >= 15 is 0 Å². The molecule has 3 aromatic rings. The highest BCUT2D eigenvalue weighted by atomic mass is 79.9. The zero-order valence-electron chi connectivity index (χ0n) is 17.4. The summed E-state index contributed by atoms with van der Waals surface area (Å²) in [4.78, 5) is 20.7. The van der Waals surface area contributed by atoms with Crippen LogP contribution in [0.4, 0.5) is 11.4 Å². The molecule has 3 aromatic carbocycles. The Bertz CT molecular complexity index is 1220. The third-order valence-electron chi connectivity index (χ3n) is 4.97. The van der Waals surface area contributed by atoms with Crippen molar-refractivity contribution in [3.63, 3.8) is 0 Å². The number of amidine groups is 1. The molecular formula is C25H21BrN2O2S. The fourth-order valence-corrected chi connectivity index (χ4v) is 4.84. The van der Waals surface area contributed by atoms with Crippen LogP contribution in [0.15, 0.2) is 81.1 Å². The lowest BCUT2D eigenvalue weighted by atomic mass is 10.1. The molecule has 1 fully saturated rings. The summed E-state index contributed by atoms with van der Waals surface area (Å²) in [6.07, 6.45) is 1.89. The molecule has 0 spiro atoms. The number of anilines is 1. The van der Waals surface area contributed by atoms with Gasteiger partial charge in [0.25, 0.3) is 5.91 Å². The zero-order valence-corrected chi connectivity index (χ0v) is 19.8. The molecule has 1 heterocycles. The molecule has 1 aliphatic heterocycles. The van der Waals surface area contributed by atoms with Crippen molar-refractivity contribution in [2.75, 3.05) is 12.0 Å². The number of amides is 1. The smallest absolute Gasteiger partial charge is 0.271 e. The van der Waals surface area contributed by atoms with Gasteiger partial charge in [0.2, 0.25) is 0 Å². The van der Waals surface area contributed by atoms with Crippen LogP contribution >= 0.6 is 27.7 Å². The van der Waals surface area contributed by atoms with Crippen LogP contribution in [0.25, 0.3) is 6.08 Å². The molecule has 0 saturated carbocycles. The summed E-state index contributed by atoms with van der Waals surface area (Å²) in [6.45, 7) is 4.02. The second-order valence-corrected chi connectivity index (χ2v) is 8.98. The van der Waals surface area contributed by atoms with E-state index in [1.165, 1.54) is 11.8 Å². The van der Waals surface area contributed by atoms with Gasteiger partial charge in [-0.1, -0.05) is 42.5 Å². The number of aryl methyl sites for hydroxylation is 2. The van der Waals surface area contributed by atoms with Crippen molar-refractivity contribution in [2.45, 2.75) is 13.8 Å². The number of rotatable bonds is 4. The highest BCUT2D eigenvalue weighted by Crippen LogP contribution is 2.39. The van der Waals surface area contributed by atoms with Crippen molar-refractivity contribution >= 4 is 56.2 Å². The van der Waals surface area contributed by atoms with Crippen molar-refractivity contribution in [1.82, 2.24) is 0 Å². The average Bonchev–Trinajstić information content (AvgIpc) is 3.05. The topological polar surface area (TPSA) is 41.9 Å². The molecule has 0 aromatic heterocycles. The van der Waals surface area contributed by atoms with Crippen LogP contribution < -0.4 is 9.64 Å². The Morgan fingerprint density at radius 2 is 1.71 bits per heavy atom. The van der Waals surface area contributed by atoms with Gasteiger partial charge in [-0.3, -0.25) is 9.69 Å². The first kappa shape index (κ1) is 21.4. The Morgan fingerprint density at radius 1 is 1.00 bits per heavy atom. The summed E-state index contributed by atoms with van der Waals surface area (Å²) >= 11 is 4.90. The Balaban J connectivity index is 1.80. The van der Waals surface area contributed by atoms with Gasteiger partial charge in [0.05, 0.1) is 27.9 Å². The average molecular weight is 493 g/mol. The Labute approximate surface area is 194 Å². The second kappa shape index (κ2) is 9.12. The molecule has 4 nitrogen and oxygen atoms in total. The van der Waals surface area contributed by atoms with E-state index in [4.69, 9.17) is 9.73 Å². The quantitative estimate of drug-likeness (QED) is 0.372. The Hall–Kier alpha value is -2.83. The number of thioether (sulfide) groups is 1. The van der Waals surface area contributed by atoms with Gasteiger partial charge in [0, 0.05) is 0 Å². The number of carbonyl (C=O) groups is 1. The first-order valence-electron chi connectivity index (χ1n) is 9.75. The van der Waals surface area contributed by atoms with E-state index in [0.29, 0.717) is 10.1 Å². The van der Waals surface area contributed by atoms with Gasteiger partial charge in [-0.2, -0.15) is 0 Å². The highest BCUT2D eigenvalue weighted by Gasteiger charge is 2.35. The molecule has 0 atom stereocenters. The fraction of sp³-hybridized carbons (Fsp3) is 0.120. The lowest BCUT2D eigenvalue weighted by Crippen LogP contribution is -2.29. The number of hydrogen-bond donors (Lipinski definition) is 0. The van der Waals surface area contributed by atoms with E-state index < -0.39 is 0 Å². The largest absolute Gasteiger partial charge is 0.496 e. The van der Waals surface area contributed by atoms with Crippen molar-refractivity contribution in [3.05, 3.63) is 92.8 Å². The Morgan fingerprint density at radius 3 is 2.39 bits per heavy atom. The van der Waals surface area contributed by atoms with Crippen LogP contribution in [-0.4, -0.2) is 18.2 Å². The van der Waals surface area contributed by atoms with Crippen LogP contribution in [-0.2, 0) is 4.79 Å². The predicted octanol–water partition coefficient (Wildman–Crippen LogP) is 6.88. The molecule has 0 radical (unpaired) electrons. The minimum Gasteiger partial charge on any atom is -0.496 e. The zero-order chi connectivity index (χ0) is 22.0. The lowest BCUT2D eigenvalue weighted by Gasteiger charge is -2.18. The fourth-order valence-electron chi connectivity index (χ4n) is 3.29. The summed E-state index contributed by atoms with van der Waals surface area (Å²) < 4.78 is 6.14. The van der Waals surface area contributed by atoms with Gasteiger partial charge >= 0.3 is 0 Å². The number of aliphatic imine (C=N–C) groups is 1. The molecule has 0 unspecified atom stereocenters. The third kappa shape index (κ3) is 4.45. The maximum atomic E-state index is 13.5. The number of halogens is 1. The van der Waals surface area contributed by atoms with Gasteiger partial charge in [-0.15, -0.1) is 0 Å². The van der Waals surface area contributed by atoms with Crippen LogP contribution in [0.3, 0.4) is 0 Å². The highest BCUT2D eigenvalue weighted by molar-refractivity contribution is 9.10. The SMILES string of the molecule is COc1ccc(C=C2SC(=Nc3ccccc3C)N(c3ccccc3C)C2=O)cc1Br. The van der Waals surface area contributed by atoms with Crippen molar-refractivity contribution < 1.29 is 9.53 Å². The van der Waals surface area contributed by atoms with Crippen molar-refractivity contribution in [2.24, 2.45) is 4.99 Å². The first-order valence-corrected chi connectivity index (χ1v) is 11.4. The van der Waals surface area contributed by atoms with E-state index in [2.05, 4.69) is 15.9 Å². The lowest BCUT2D eigenvalue weighted by molar-refractivity contribution is -0.113. The van der Waals surface area contributed by atoms with E-state index in [1.807, 2.05) is 86.7 Å². The molecule has 0 N–H and O–H groups in total. The molecule has 1 amide bonds. The van der Waals surface area contributed by atoms with Crippen LogP contribution in [0.2, 0.25) is 0 Å². The summed E-state index contributed by atoms with van der Waals surface area (Å²) in [5.74, 6) is 0.662. The van der Waals surface area contributed by atoms with Gasteiger partial charge in [-0.25, -0.2) is 4.99 Å². The monoisotopic (exact) mass is 492 g/mol. The molecule has 6 heteroatoms. The van der Waals surface area contributed by atoms with E-state index in [-0.39, 0.29) is 5.91 Å². The number of ether oxygens (including phenoxy) is 1. The van der Waals surface area contributed by atoms with Gasteiger partial charge in [0.15, 0.2) is 5.17 Å². The van der Waals surface area contributed by atoms with Crippen molar-refractivity contribution in [1.29, 1.82) is 0 Å². The molecule has 156 valence electrons. The van der Waals surface area contributed by atoms with E-state index in [9.17, 15) is 4.79 Å². The summed E-state index contributed by atoms with van der Waals surface area (Å²) in [5, 5.41) is 0.646. The number of carbonyl (C=O) groups excluding carboxylic acids is 1. The normalized spacial score (nSPS) is 16.4. The maximum Gasteiger partial charge on any atom is 0.271 e. The van der Waals surface area contributed by atoms with Crippen LogP contribution in [0.1, 0.15) is 16.7 Å². The van der Waals surface area contributed by atoms with Crippen molar-refractivity contribution in [3.8, 4) is 5.75 Å². The van der Waals surface area contributed by atoms with Gasteiger partial charge in [-0.05, 0) is 88.6 Å². The number of para-hydroxylation sites is 2. The maximum absolute atomic E-state index is 13.5.